The molecule has 0 aromatic heterocycles. The molecule has 0 unspecified atom stereocenters. The third kappa shape index (κ3) is 4.85. The van der Waals surface area contributed by atoms with Gasteiger partial charge in [0.25, 0.3) is 0 Å². The van der Waals surface area contributed by atoms with Gasteiger partial charge in [0.05, 0.1) is 16.5 Å². The van der Waals surface area contributed by atoms with Crippen molar-refractivity contribution >= 4 is 17.7 Å². The van der Waals surface area contributed by atoms with E-state index in [0.29, 0.717) is 0 Å². The van der Waals surface area contributed by atoms with Crippen molar-refractivity contribution in [3.05, 3.63) is 49.7 Å². The maximum absolute atomic E-state index is 11.2. The van der Waals surface area contributed by atoms with Crippen molar-refractivity contribution in [2.24, 2.45) is 0 Å². The molecule has 0 N–H and O–H groups in total. The number of allylic oxidation sites excluding steroid dienone is 1. The van der Waals surface area contributed by atoms with E-state index in [4.69, 9.17) is 4.74 Å². The number of nitro groups is 2. The lowest BCUT2D eigenvalue weighted by Gasteiger charge is -2.06. The molecule has 0 spiro atoms. The fourth-order valence-corrected chi connectivity index (χ4v) is 1.52. The summed E-state index contributed by atoms with van der Waals surface area (Å²) in [7, 11) is 0. The normalized spacial score (nSPS) is 10.9. The van der Waals surface area contributed by atoms with Crippen molar-refractivity contribution in [1.29, 1.82) is 0 Å². The Morgan fingerprint density at radius 1 is 1.32 bits per heavy atom. The number of carbonyl (C=O) groups is 1. The summed E-state index contributed by atoms with van der Waals surface area (Å²) in [6, 6.07) is 3.82. The van der Waals surface area contributed by atoms with Gasteiger partial charge < -0.3 is 9.47 Å². The maximum Gasteiger partial charge on any atom is 0.344 e. The lowest BCUT2D eigenvalue weighted by Crippen LogP contribution is -2.15. The van der Waals surface area contributed by atoms with E-state index in [1.807, 2.05) is 0 Å². The first kappa shape index (κ1) is 17.1. The Balaban J connectivity index is 3.01. The summed E-state index contributed by atoms with van der Waals surface area (Å²) in [6.45, 7) is 2.61. The van der Waals surface area contributed by atoms with Crippen molar-refractivity contribution in [3.63, 3.8) is 0 Å². The van der Waals surface area contributed by atoms with E-state index in [1.165, 1.54) is 25.1 Å². The van der Waals surface area contributed by atoms with Gasteiger partial charge in [0, 0.05) is 19.1 Å². The Kier molecular flexibility index (Phi) is 5.99. The lowest BCUT2D eigenvalue weighted by molar-refractivity contribution is -0.422. The Hall–Kier alpha value is -2.97. The molecule has 0 aliphatic heterocycles. The minimum atomic E-state index is -0.695. The average molecular weight is 310 g/mol. The molecule has 0 fully saturated rings. The topological polar surface area (TPSA) is 122 Å². The van der Waals surface area contributed by atoms with Crippen LogP contribution in [0, 0.1) is 20.2 Å². The van der Waals surface area contributed by atoms with E-state index < -0.39 is 28.1 Å². The zero-order valence-corrected chi connectivity index (χ0v) is 12.0. The van der Waals surface area contributed by atoms with Crippen molar-refractivity contribution in [3.8, 4) is 5.75 Å². The zero-order chi connectivity index (χ0) is 16.7. The predicted molar refractivity (Wildman–Crippen MR) is 75.9 cm³/mol. The van der Waals surface area contributed by atoms with Crippen LogP contribution in [-0.4, -0.2) is 29.0 Å². The van der Waals surface area contributed by atoms with Gasteiger partial charge in [0.1, 0.15) is 0 Å². The number of benzene rings is 1. The molecule has 22 heavy (non-hydrogen) atoms. The van der Waals surface area contributed by atoms with Gasteiger partial charge >= 0.3 is 11.7 Å². The number of ether oxygens (including phenoxy) is 2. The number of hydrogen-bond acceptors (Lipinski definition) is 7. The molecule has 118 valence electrons. The summed E-state index contributed by atoms with van der Waals surface area (Å²) in [6.07, 6.45) is 1.20. The molecule has 0 atom stereocenters. The van der Waals surface area contributed by atoms with Crippen LogP contribution in [0.15, 0.2) is 23.9 Å². The molecular weight excluding hydrogens is 296 g/mol. The highest BCUT2D eigenvalue weighted by molar-refractivity contribution is 5.71. The van der Waals surface area contributed by atoms with Crippen LogP contribution in [-0.2, 0) is 9.53 Å². The Morgan fingerprint density at radius 2 is 2.00 bits per heavy atom. The molecule has 0 saturated heterocycles. The first-order valence-electron chi connectivity index (χ1n) is 6.24. The standard InChI is InChI=1S/C13H14N2O7/c1-3-21-13(16)8-22-12-5-4-10(6-9(2)14(17)18)7-11(12)15(19)20/h4-7H,3,8H2,1-2H3/b9-6+. The van der Waals surface area contributed by atoms with Crippen LogP contribution in [0.25, 0.3) is 6.08 Å². The number of esters is 1. The van der Waals surface area contributed by atoms with Crippen LogP contribution < -0.4 is 4.74 Å². The first-order chi connectivity index (χ1) is 10.3. The Labute approximate surface area is 125 Å². The van der Waals surface area contributed by atoms with E-state index in [1.54, 1.807) is 6.92 Å². The van der Waals surface area contributed by atoms with Crippen molar-refractivity contribution in [2.45, 2.75) is 13.8 Å². The number of carbonyl (C=O) groups excluding carboxylic acids is 1. The second kappa shape index (κ2) is 7.72. The quantitative estimate of drug-likeness (QED) is 0.429. The average Bonchev–Trinajstić information content (AvgIpc) is 2.45. The van der Waals surface area contributed by atoms with E-state index in [2.05, 4.69) is 4.74 Å². The number of nitro benzene ring substituents is 1. The SMILES string of the molecule is CCOC(=O)COc1ccc(/C=C(\C)[N+](=O)[O-])cc1[N+](=O)[O-]. The molecule has 0 aliphatic carbocycles. The summed E-state index contributed by atoms with van der Waals surface area (Å²) in [5.41, 5.74) is -0.270. The lowest BCUT2D eigenvalue weighted by atomic mass is 10.1. The summed E-state index contributed by atoms with van der Waals surface area (Å²) < 4.78 is 9.70. The zero-order valence-electron chi connectivity index (χ0n) is 12.0. The molecule has 0 bridgehead atoms. The summed E-state index contributed by atoms with van der Waals surface area (Å²) in [5.74, 6) is -0.765. The number of hydrogen-bond donors (Lipinski definition) is 0. The van der Waals surface area contributed by atoms with E-state index in [-0.39, 0.29) is 23.6 Å². The van der Waals surface area contributed by atoms with Gasteiger partial charge in [-0.3, -0.25) is 20.2 Å². The second-order valence-corrected chi connectivity index (χ2v) is 4.12. The first-order valence-corrected chi connectivity index (χ1v) is 6.24. The van der Waals surface area contributed by atoms with Gasteiger partial charge in [-0.1, -0.05) is 6.07 Å². The van der Waals surface area contributed by atoms with E-state index in [0.717, 1.165) is 6.07 Å². The summed E-state index contributed by atoms with van der Waals surface area (Å²) in [4.78, 5) is 31.5. The number of rotatable bonds is 7. The molecule has 0 saturated carbocycles. The van der Waals surface area contributed by atoms with Gasteiger partial charge in [0.2, 0.25) is 5.70 Å². The third-order valence-electron chi connectivity index (χ3n) is 2.49. The maximum atomic E-state index is 11.2. The van der Waals surface area contributed by atoms with Crippen LogP contribution in [0.2, 0.25) is 0 Å². The van der Waals surface area contributed by atoms with Crippen LogP contribution in [0.3, 0.4) is 0 Å². The highest BCUT2D eigenvalue weighted by atomic mass is 16.6. The van der Waals surface area contributed by atoms with Gasteiger partial charge in [-0.2, -0.15) is 0 Å². The predicted octanol–water partition coefficient (Wildman–Crippen LogP) is 2.17. The molecule has 0 heterocycles. The molecular formula is C13H14N2O7. The molecule has 1 rings (SSSR count). The van der Waals surface area contributed by atoms with E-state index in [9.17, 15) is 25.0 Å². The smallest absolute Gasteiger partial charge is 0.344 e. The molecule has 9 nitrogen and oxygen atoms in total. The van der Waals surface area contributed by atoms with Crippen LogP contribution >= 0.6 is 0 Å². The van der Waals surface area contributed by atoms with Crippen LogP contribution in [0.5, 0.6) is 5.75 Å². The van der Waals surface area contributed by atoms with Crippen molar-refractivity contribution < 1.29 is 24.1 Å². The van der Waals surface area contributed by atoms with Gasteiger partial charge in [-0.25, -0.2) is 4.79 Å². The van der Waals surface area contributed by atoms with Gasteiger partial charge in [-0.05, 0) is 18.6 Å². The van der Waals surface area contributed by atoms with Gasteiger partial charge in [-0.15, -0.1) is 0 Å². The van der Waals surface area contributed by atoms with Crippen LogP contribution in [0.1, 0.15) is 19.4 Å². The summed E-state index contributed by atoms with van der Waals surface area (Å²) in [5, 5.41) is 21.6. The molecule has 1 aromatic carbocycles. The largest absolute Gasteiger partial charge is 0.475 e. The fourth-order valence-electron chi connectivity index (χ4n) is 1.52. The van der Waals surface area contributed by atoms with E-state index >= 15 is 0 Å². The Morgan fingerprint density at radius 3 is 2.55 bits per heavy atom. The number of nitrogens with zero attached hydrogens (tertiary/aromatic N) is 2. The minimum Gasteiger partial charge on any atom is -0.475 e. The monoisotopic (exact) mass is 310 g/mol. The molecule has 0 radical (unpaired) electrons. The third-order valence-corrected chi connectivity index (χ3v) is 2.49. The molecule has 0 amide bonds. The van der Waals surface area contributed by atoms with Crippen molar-refractivity contribution in [2.75, 3.05) is 13.2 Å². The molecule has 1 aromatic rings. The van der Waals surface area contributed by atoms with Gasteiger partial charge in [0.15, 0.2) is 12.4 Å². The highest BCUT2D eigenvalue weighted by Crippen LogP contribution is 2.28. The fraction of sp³-hybridized carbons (Fsp3) is 0.308. The highest BCUT2D eigenvalue weighted by Gasteiger charge is 2.17. The second-order valence-electron chi connectivity index (χ2n) is 4.12. The molecule has 0 aliphatic rings. The Bertz CT molecular complexity index is 625. The minimum absolute atomic E-state index is 0.117. The summed E-state index contributed by atoms with van der Waals surface area (Å²) >= 11 is 0. The molecule has 9 heteroatoms. The van der Waals surface area contributed by atoms with Crippen molar-refractivity contribution in [1.82, 2.24) is 0 Å². The van der Waals surface area contributed by atoms with Crippen LogP contribution in [0.4, 0.5) is 5.69 Å².